The number of rotatable bonds is 2. The highest BCUT2D eigenvalue weighted by molar-refractivity contribution is 6.55. The van der Waals surface area contributed by atoms with Crippen molar-refractivity contribution >= 4 is 7.12 Å². The Bertz CT molecular complexity index is 369. The average molecular weight is 249 g/mol. The molecule has 1 aliphatic carbocycles. The third-order valence-corrected chi connectivity index (χ3v) is 4.29. The largest absolute Gasteiger partial charge is 0.494 e. The molecule has 0 radical (unpaired) electrons. The van der Waals surface area contributed by atoms with Crippen LogP contribution in [-0.4, -0.2) is 43.4 Å². The summed E-state index contributed by atoms with van der Waals surface area (Å²) in [7, 11) is 3.97. The molecule has 1 fully saturated rings. The number of nitrogens with zero attached hydrogens (tertiary/aromatic N) is 1. The third-order valence-electron chi connectivity index (χ3n) is 4.29. The molecular formula is C14H24BNO2. The summed E-state index contributed by atoms with van der Waals surface area (Å²) in [4.78, 5) is 2.22. The molecule has 1 aliphatic heterocycles. The Morgan fingerprint density at radius 3 is 2.11 bits per heavy atom. The van der Waals surface area contributed by atoms with Gasteiger partial charge in [-0.05, 0) is 53.7 Å². The predicted octanol–water partition coefficient (Wildman–Crippen LogP) is 2.43. The Kier molecular flexibility index (Phi) is 3.47. The molecule has 0 bridgehead atoms. The molecule has 0 aromatic rings. The van der Waals surface area contributed by atoms with E-state index in [0.29, 0.717) is 6.04 Å². The van der Waals surface area contributed by atoms with Gasteiger partial charge in [-0.2, -0.15) is 0 Å². The number of hydrogen-bond acceptors (Lipinski definition) is 3. The van der Waals surface area contributed by atoms with Gasteiger partial charge in [0, 0.05) is 6.04 Å². The molecule has 1 heterocycles. The lowest BCUT2D eigenvalue weighted by Crippen LogP contribution is -2.41. The molecule has 0 saturated carbocycles. The molecule has 0 spiro atoms. The Morgan fingerprint density at radius 2 is 1.72 bits per heavy atom. The van der Waals surface area contributed by atoms with E-state index in [4.69, 9.17) is 9.31 Å². The lowest BCUT2D eigenvalue weighted by molar-refractivity contribution is 0.00578. The van der Waals surface area contributed by atoms with Gasteiger partial charge < -0.3 is 14.2 Å². The molecule has 2 aliphatic rings. The molecule has 3 nitrogen and oxygen atoms in total. The summed E-state index contributed by atoms with van der Waals surface area (Å²) in [5, 5.41) is 0. The van der Waals surface area contributed by atoms with Gasteiger partial charge in [-0.3, -0.25) is 0 Å². The zero-order valence-electron chi connectivity index (χ0n) is 12.4. The van der Waals surface area contributed by atoms with E-state index in [2.05, 4.69) is 64.9 Å². The van der Waals surface area contributed by atoms with Crippen molar-refractivity contribution in [3.8, 4) is 0 Å². The summed E-state index contributed by atoms with van der Waals surface area (Å²) >= 11 is 0. The number of hydrogen-bond donors (Lipinski definition) is 0. The van der Waals surface area contributed by atoms with Crippen LogP contribution in [-0.2, 0) is 9.31 Å². The first-order chi connectivity index (χ1) is 8.23. The van der Waals surface area contributed by atoms with E-state index in [9.17, 15) is 0 Å². The zero-order chi connectivity index (χ0) is 13.6. The topological polar surface area (TPSA) is 21.7 Å². The summed E-state index contributed by atoms with van der Waals surface area (Å²) in [6.45, 7) is 8.34. The highest BCUT2D eigenvalue weighted by atomic mass is 16.7. The standard InChI is InChI=1S/C14H24BNO2/c1-13(2)14(3,4)18-15(17-13)11-7-9-12(10-8-11)16(5)6/h7-9,12H,10H2,1-6H3/t12-/m1/s1. The van der Waals surface area contributed by atoms with Gasteiger partial charge in [0.25, 0.3) is 0 Å². The van der Waals surface area contributed by atoms with Crippen LogP contribution in [0.1, 0.15) is 34.1 Å². The summed E-state index contributed by atoms with van der Waals surface area (Å²) in [6.07, 6.45) is 7.60. The Hall–Kier alpha value is -0.575. The zero-order valence-corrected chi connectivity index (χ0v) is 12.4. The maximum absolute atomic E-state index is 6.04. The Balaban J connectivity index is 2.07. The van der Waals surface area contributed by atoms with Gasteiger partial charge in [-0.1, -0.05) is 18.2 Å². The van der Waals surface area contributed by atoms with E-state index in [1.165, 1.54) is 0 Å². The van der Waals surface area contributed by atoms with Crippen LogP contribution in [0.2, 0.25) is 0 Å². The van der Waals surface area contributed by atoms with Gasteiger partial charge in [0.2, 0.25) is 0 Å². The summed E-state index contributed by atoms with van der Waals surface area (Å²) < 4.78 is 12.1. The van der Waals surface area contributed by atoms with Crippen molar-refractivity contribution in [1.29, 1.82) is 0 Å². The number of likely N-dealkylation sites (N-methyl/N-ethyl adjacent to an activating group) is 1. The van der Waals surface area contributed by atoms with E-state index in [1.54, 1.807) is 0 Å². The van der Waals surface area contributed by atoms with Crippen molar-refractivity contribution in [3.05, 3.63) is 23.7 Å². The van der Waals surface area contributed by atoms with Gasteiger partial charge in [-0.25, -0.2) is 0 Å². The Labute approximate surface area is 111 Å². The fraction of sp³-hybridized carbons (Fsp3) is 0.714. The van der Waals surface area contributed by atoms with E-state index in [-0.39, 0.29) is 18.3 Å². The van der Waals surface area contributed by atoms with Crippen LogP contribution < -0.4 is 0 Å². The minimum Gasteiger partial charge on any atom is -0.399 e. The first-order valence-corrected chi connectivity index (χ1v) is 6.63. The maximum atomic E-state index is 6.04. The van der Waals surface area contributed by atoms with Crippen LogP contribution in [0.3, 0.4) is 0 Å². The molecule has 2 rings (SSSR count). The monoisotopic (exact) mass is 249 g/mol. The third kappa shape index (κ3) is 2.42. The van der Waals surface area contributed by atoms with Crippen LogP contribution in [0.15, 0.2) is 23.7 Å². The van der Waals surface area contributed by atoms with Crippen LogP contribution in [0, 0.1) is 0 Å². The minimum absolute atomic E-state index is 0.227. The van der Waals surface area contributed by atoms with E-state index in [0.717, 1.165) is 11.9 Å². The fourth-order valence-corrected chi connectivity index (χ4v) is 2.16. The van der Waals surface area contributed by atoms with Gasteiger partial charge >= 0.3 is 7.12 Å². The van der Waals surface area contributed by atoms with Crippen LogP contribution >= 0.6 is 0 Å². The van der Waals surface area contributed by atoms with Crippen LogP contribution in [0.5, 0.6) is 0 Å². The van der Waals surface area contributed by atoms with E-state index in [1.807, 2.05) is 0 Å². The second-order valence-electron chi connectivity index (χ2n) is 6.42. The molecular weight excluding hydrogens is 225 g/mol. The normalized spacial score (nSPS) is 29.8. The lowest BCUT2D eigenvalue weighted by Gasteiger charge is -2.32. The first-order valence-electron chi connectivity index (χ1n) is 6.63. The van der Waals surface area contributed by atoms with Gasteiger partial charge in [0.05, 0.1) is 11.2 Å². The van der Waals surface area contributed by atoms with Gasteiger partial charge in [0.15, 0.2) is 0 Å². The molecule has 1 atom stereocenters. The van der Waals surface area contributed by atoms with Crippen molar-refractivity contribution in [1.82, 2.24) is 4.90 Å². The summed E-state index contributed by atoms with van der Waals surface area (Å²) in [6, 6.07) is 0.483. The minimum atomic E-state index is -0.259. The molecule has 0 aromatic heterocycles. The predicted molar refractivity (Wildman–Crippen MR) is 75.4 cm³/mol. The molecule has 100 valence electrons. The molecule has 0 unspecified atom stereocenters. The second-order valence-corrected chi connectivity index (χ2v) is 6.42. The Morgan fingerprint density at radius 1 is 1.17 bits per heavy atom. The van der Waals surface area contributed by atoms with Crippen LogP contribution in [0.25, 0.3) is 0 Å². The summed E-state index contributed by atoms with van der Waals surface area (Å²) in [5.41, 5.74) is 0.627. The average Bonchev–Trinajstić information content (AvgIpc) is 2.48. The SMILES string of the molecule is CN(C)[C@@H]1C=CC(B2OC(C)(C)C(C)(C)O2)=CC1. The van der Waals surface area contributed by atoms with E-state index < -0.39 is 0 Å². The van der Waals surface area contributed by atoms with Crippen molar-refractivity contribution in [2.24, 2.45) is 0 Å². The van der Waals surface area contributed by atoms with Crippen LogP contribution in [0.4, 0.5) is 0 Å². The lowest BCUT2D eigenvalue weighted by atomic mass is 9.75. The van der Waals surface area contributed by atoms with Gasteiger partial charge in [-0.15, -0.1) is 0 Å². The highest BCUT2D eigenvalue weighted by Gasteiger charge is 2.52. The molecule has 0 amide bonds. The fourth-order valence-electron chi connectivity index (χ4n) is 2.16. The first kappa shape index (κ1) is 13.8. The molecule has 4 heteroatoms. The molecule has 1 saturated heterocycles. The molecule has 0 N–H and O–H groups in total. The summed E-state index contributed by atoms with van der Waals surface area (Å²) in [5.74, 6) is 0. The van der Waals surface area contributed by atoms with Crippen molar-refractivity contribution < 1.29 is 9.31 Å². The van der Waals surface area contributed by atoms with Crippen molar-refractivity contribution in [3.63, 3.8) is 0 Å². The quantitative estimate of drug-likeness (QED) is 0.701. The van der Waals surface area contributed by atoms with Gasteiger partial charge in [0.1, 0.15) is 0 Å². The second kappa shape index (κ2) is 4.51. The number of allylic oxidation sites excluding steroid dienone is 2. The maximum Gasteiger partial charge on any atom is 0.494 e. The molecule has 18 heavy (non-hydrogen) atoms. The smallest absolute Gasteiger partial charge is 0.399 e. The van der Waals surface area contributed by atoms with Crippen molar-refractivity contribution in [2.75, 3.05) is 14.1 Å². The van der Waals surface area contributed by atoms with E-state index >= 15 is 0 Å². The van der Waals surface area contributed by atoms with Crippen molar-refractivity contribution in [2.45, 2.75) is 51.4 Å². The highest BCUT2D eigenvalue weighted by Crippen LogP contribution is 2.39. The molecule has 0 aromatic carbocycles.